The minimum absolute atomic E-state index is 0.0101. The minimum atomic E-state index is -0.481. The highest BCUT2D eigenvalue weighted by atomic mass is 16.3. The fraction of sp³-hybridized carbons (Fsp3) is 0.263. The molecule has 0 bridgehead atoms. The van der Waals surface area contributed by atoms with Crippen LogP contribution in [0.5, 0.6) is 5.75 Å². The number of hydrogen-bond donors (Lipinski definition) is 3. The largest absolute Gasteiger partial charge is 0.507 e. The molecule has 0 spiro atoms. The van der Waals surface area contributed by atoms with Gasteiger partial charge < -0.3 is 15.7 Å². The summed E-state index contributed by atoms with van der Waals surface area (Å²) in [7, 11) is 0. The quantitative estimate of drug-likeness (QED) is 0.431. The van der Waals surface area contributed by atoms with Crippen LogP contribution < -0.4 is 10.6 Å². The van der Waals surface area contributed by atoms with Crippen LogP contribution in [-0.4, -0.2) is 17.6 Å². The SMILES string of the molecule is CC(C)CCN/C=C(/C#N)C(=O)Nc1cccc2c(O)cccc12. The lowest BCUT2D eigenvalue weighted by atomic mass is 10.1. The molecule has 0 aliphatic rings. The average molecular weight is 323 g/mol. The first-order valence-electron chi connectivity index (χ1n) is 7.88. The first kappa shape index (κ1) is 17.4. The number of fused-ring (bicyclic) bond motifs is 1. The van der Waals surface area contributed by atoms with Gasteiger partial charge in [-0.1, -0.05) is 38.1 Å². The molecule has 1 amide bonds. The number of anilines is 1. The van der Waals surface area contributed by atoms with Crippen LogP contribution in [0.1, 0.15) is 20.3 Å². The van der Waals surface area contributed by atoms with E-state index in [0.717, 1.165) is 11.8 Å². The number of phenolic OH excluding ortho intramolecular Hbond substituents is 1. The second-order valence-corrected chi connectivity index (χ2v) is 5.94. The zero-order valence-corrected chi connectivity index (χ0v) is 13.8. The number of hydrogen-bond acceptors (Lipinski definition) is 4. The van der Waals surface area contributed by atoms with E-state index >= 15 is 0 Å². The second kappa shape index (κ2) is 8.02. The summed E-state index contributed by atoms with van der Waals surface area (Å²) in [4.78, 5) is 12.3. The molecule has 124 valence electrons. The summed E-state index contributed by atoms with van der Waals surface area (Å²) in [5, 5.41) is 26.2. The van der Waals surface area contributed by atoms with E-state index in [1.165, 1.54) is 6.20 Å². The van der Waals surface area contributed by atoms with Crippen LogP contribution in [0, 0.1) is 17.2 Å². The van der Waals surface area contributed by atoms with Gasteiger partial charge in [-0.15, -0.1) is 0 Å². The molecule has 24 heavy (non-hydrogen) atoms. The fourth-order valence-electron chi connectivity index (χ4n) is 2.29. The van der Waals surface area contributed by atoms with Crippen molar-refractivity contribution in [2.24, 2.45) is 5.92 Å². The van der Waals surface area contributed by atoms with E-state index in [1.807, 2.05) is 6.07 Å². The Morgan fingerprint density at radius 2 is 1.96 bits per heavy atom. The van der Waals surface area contributed by atoms with E-state index in [0.29, 0.717) is 23.5 Å². The molecule has 2 aromatic rings. The molecule has 5 heteroatoms. The maximum atomic E-state index is 12.3. The third-order valence-corrected chi connectivity index (χ3v) is 3.62. The minimum Gasteiger partial charge on any atom is -0.507 e. The standard InChI is InChI=1S/C19H21N3O2/c1-13(2)9-10-21-12-14(11-20)19(24)22-17-7-3-6-16-15(17)5-4-8-18(16)23/h3-8,12-13,21,23H,9-10H2,1-2H3,(H,22,24)/b14-12-. The number of phenols is 1. The van der Waals surface area contributed by atoms with Crippen LogP contribution >= 0.6 is 0 Å². The van der Waals surface area contributed by atoms with Crippen LogP contribution in [0.3, 0.4) is 0 Å². The fourth-order valence-corrected chi connectivity index (χ4v) is 2.29. The zero-order chi connectivity index (χ0) is 17.5. The molecule has 2 aromatic carbocycles. The number of nitrogens with one attached hydrogen (secondary N) is 2. The number of amides is 1. The maximum Gasteiger partial charge on any atom is 0.267 e. The topological polar surface area (TPSA) is 85.2 Å². The highest BCUT2D eigenvalue weighted by Crippen LogP contribution is 2.29. The average Bonchev–Trinajstić information content (AvgIpc) is 2.55. The van der Waals surface area contributed by atoms with Gasteiger partial charge in [0.05, 0.1) is 0 Å². The Bertz CT molecular complexity index is 804. The van der Waals surface area contributed by atoms with Crippen molar-refractivity contribution < 1.29 is 9.90 Å². The van der Waals surface area contributed by atoms with Crippen molar-refractivity contribution in [1.29, 1.82) is 5.26 Å². The molecule has 0 aromatic heterocycles. The van der Waals surface area contributed by atoms with Crippen molar-refractivity contribution in [2.45, 2.75) is 20.3 Å². The van der Waals surface area contributed by atoms with Gasteiger partial charge in [0.1, 0.15) is 17.4 Å². The van der Waals surface area contributed by atoms with Crippen molar-refractivity contribution in [1.82, 2.24) is 5.32 Å². The Hall–Kier alpha value is -3.00. The van der Waals surface area contributed by atoms with E-state index in [-0.39, 0.29) is 11.3 Å². The molecule has 0 radical (unpaired) electrons. The summed E-state index contributed by atoms with van der Waals surface area (Å²) in [6.45, 7) is 4.93. The molecule has 3 N–H and O–H groups in total. The maximum absolute atomic E-state index is 12.3. The van der Waals surface area contributed by atoms with Crippen LogP contribution in [0.4, 0.5) is 5.69 Å². The predicted molar refractivity (Wildman–Crippen MR) is 95.4 cm³/mol. The van der Waals surface area contributed by atoms with Gasteiger partial charge in [0.15, 0.2) is 0 Å². The Labute approximate surface area is 141 Å². The summed E-state index contributed by atoms with van der Waals surface area (Å²) in [5.74, 6) is 0.217. The van der Waals surface area contributed by atoms with Gasteiger partial charge in [-0.25, -0.2) is 0 Å². The van der Waals surface area contributed by atoms with Gasteiger partial charge in [0.25, 0.3) is 5.91 Å². The van der Waals surface area contributed by atoms with Gasteiger partial charge >= 0.3 is 0 Å². The van der Waals surface area contributed by atoms with Crippen LogP contribution in [-0.2, 0) is 4.79 Å². The lowest BCUT2D eigenvalue weighted by Gasteiger charge is -2.09. The Kier molecular flexibility index (Phi) is 5.80. The molecule has 0 aliphatic carbocycles. The van der Waals surface area contributed by atoms with Crippen molar-refractivity contribution in [3.63, 3.8) is 0 Å². The number of nitrogens with zero attached hydrogens (tertiary/aromatic N) is 1. The van der Waals surface area contributed by atoms with Gasteiger partial charge in [-0.05, 0) is 24.5 Å². The summed E-state index contributed by atoms with van der Waals surface area (Å²) in [6, 6.07) is 12.3. The van der Waals surface area contributed by atoms with Gasteiger partial charge in [0.2, 0.25) is 0 Å². The number of rotatable bonds is 6. The third-order valence-electron chi connectivity index (χ3n) is 3.62. The zero-order valence-electron chi connectivity index (χ0n) is 13.8. The first-order chi connectivity index (χ1) is 11.5. The van der Waals surface area contributed by atoms with Gasteiger partial charge in [-0.3, -0.25) is 4.79 Å². The molecule has 0 fully saturated rings. The van der Waals surface area contributed by atoms with E-state index < -0.39 is 5.91 Å². The second-order valence-electron chi connectivity index (χ2n) is 5.94. The summed E-state index contributed by atoms with van der Waals surface area (Å²) in [5.41, 5.74) is 0.563. The molecule has 0 heterocycles. The van der Waals surface area contributed by atoms with E-state index in [2.05, 4.69) is 24.5 Å². The molecule has 0 saturated carbocycles. The Morgan fingerprint density at radius 1 is 1.25 bits per heavy atom. The summed E-state index contributed by atoms with van der Waals surface area (Å²) in [6.07, 6.45) is 2.40. The smallest absolute Gasteiger partial charge is 0.267 e. The Morgan fingerprint density at radius 3 is 2.67 bits per heavy atom. The molecule has 0 unspecified atom stereocenters. The molecular weight excluding hydrogens is 302 g/mol. The lowest BCUT2D eigenvalue weighted by molar-refractivity contribution is -0.112. The highest BCUT2D eigenvalue weighted by molar-refractivity contribution is 6.11. The number of nitriles is 1. The Balaban J connectivity index is 2.15. The van der Waals surface area contributed by atoms with E-state index in [9.17, 15) is 15.2 Å². The third kappa shape index (κ3) is 4.26. The predicted octanol–water partition coefficient (Wildman–Crippen LogP) is 3.53. The van der Waals surface area contributed by atoms with Crippen molar-refractivity contribution in [3.8, 4) is 11.8 Å². The number of benzene rings is 2. The van der Waals surface area contributed by atoms with Gasteiger partial charge in [0, 0.05) is 29.2 Å². The molecular formula is C19H21N3O2. The molecule has 0 saturated heterocycles. The van der Waals surface area contributed by atoms with Gasteiger partial charge in [-0.2, -0.15) is 5.26 Å². The van der Waals surface area contributed by atoms with E-state index in [1.54, 1.807) is 36.4 Å². The van der Waals surface area contributed by atoms with Crippen LogP contribution in [0.25, 0.3) is 10.8 Å². The summed E-state index contributed by atoms with van der Waals surface area (Å²) >= 11 is 0. The normalized spacial score (nSPS) is 11.3. The molecule has 0 atom stereocenters. The number of aromatic hydroxyl groups is 1. The summed E-state index contributed by atoms with van der Waals surface area (Å²) < 4.78 is 0. The molecule has 2 rings (SSSR count). The van der Waals surface area contributed by atoms with E-state index in [4.69, 9.17) is 0 Å². The van der Waals surface area contributed by atoms with Crippen molar-refractivity contribution in [2.75, 3.05) is 11.9 Å². The van der Waals surface area contributed by atoms with Crippen LogP contribution in [0.15, 0.2) is 48.2 Å². The highest BCUT2D eigenvalue weighted by Gasteiger charge is 2.11. The van der Waals surface area contributed by atoms with Crippen LogP contribution in [0.2, 0.25) is 0 Å². The van der Waals surface area contributed by atoms with Crippen molar-refractivity contribution in [3.05, 3.63) is 48.2 Å². The van der Waals surface area contributed by atoms with Crippen molar-refractivity contribution >= 4 is 22.4 Å². The number of carbonyl (C=O) groups is 1. The first-order valence-corrected chi connectivity index (χ1v) is 7.88. The number of carbonyl (C=O) groups excluding carboxylic acids is 1. The molecule has 5 nitrogen and oxygen atoms in total. The monoisotopic (exact) mass is 323 g/mol. The lowest BCUT2D eigenvalue weighted by Crippen LogP contribution is -2.18. The molecule has 0 aliphatic heterocycles.